The van der Waals surface area contributed by atoms with Crippen LogP contribution in [0.25, 0.3) is 0 Å². The fraction of sp³-hybridized carbons (Fsp3) is 0.643. The van der Waals surface area contributed by atoms with E-state index in [9.17, 15) is 14.4 Å². The highest BCUT2D eigenvalue weighted by Crippen LogP contribution is 2.01. The Labute approximate surface area is 129 Å². The summed E-state index contributed by atoms with van der Waals surface area (Å²) in [5.74, 6) is -1.85. The zero-order valence-corrected chi connectivity index (χ0v) is 13.4. The molecule has 0 saturated carbocycles. The molecule has 0 rings (SSSR count). The summed E-state index contributed by atoms with van der Waals surface area (Å²) < 4.78 is 19.2. The maximum Gasteiger partial charge on any atom is 0.331 e. The third-order valence-electron chi connectivity index (χ3n) is 2.64. The first-order chi connectivity index (χ1) is 10.5. The number of carbonyl (C=O) groups is 3. The highest BCUT2D eigenvalue weighted by atomic mass is 16.5. The third-order valence-corrected chi connectivity index (χ3v) is 2.64. The van der Waals surface area contributed by atoms with Crippen molar-refractivity contribution in [1.29, 1.82) is 0 Å². The first-order valence-electron chi connectivity index (χ1n) is 6.69. The van der Waals surface area contributed by atoms with E-state index in [1.165, 1.54) is 33.2 Å². The van der Waals surface area contributed by atoms with Gasteiger partial charge < -0.3 is 23.8 Å². The summed E-state index contributed by atoms with van der Waals surface area (Å²) in [5, 5.41) is 0. The molecule has 0 saturated heterocycles. The van der Waals surface area contributed by atoms with E-state index in [2.05, 4.69) is 4.74 Å². The SMILES string of the molecule is COCCN(CCOC)C(=O)C(C)OC(=O)C=CC(=O)OC. The van der Waals surface area contributed by atoms with Crippen LogP contribution in [0.5, 0.6) is 0 Å². The molecule has 0 aromatic rings. The summed E-state index contributed by atoms with van der Waals surface area (Å²) in [4.78, 5) is 36.0. The number of methoxy groups -OCH3 is 3. The van der Waals surface area contributed by atoms with E-state index in [0.717, 1.165) is 12.2 Å². The summed E-state index contributed by atoms with van der Waals surface area (Å²) in [7, 11) is 4.24. The van der Waals surface area contributed by atoms with Crippen LogP contribution in [0.2, 0.25) is 0 Å². The van der Waals surface area contributed by atoms with E-state index in [1.807, 2.05) is 0 Å². The molecule has 0 bridgehead atoms. The minimum absolute atomic E-state index is 0.359. The lowest BCUT2D eigenvalue weighted by atomic mass is 10.3. The van der Waals surface area contributed by atoms with Gasteiger partial charge in [0.25, 0.3) is 5.91 Å². The zero-order valence-electron chi connectivity index (χ0n) is 13.4. The van der Waals surface area contributed by atoms with Gasteiger partial charge in [-0.2, -0.15) is 0 Å². The van der Waals surface area contributed by atoms with Gasteiger partial charge in [-0.3, -0.25) is 4.79 Å². The van der Waals surface area contributed by atoms with Gasteiger partial charge in [-0.15, -0.1) is 0 Å². The van der Waals surface area contributed by atoms with Crippen LogP contribution in [0.1, 0.15) is 6.92 Å². The van der Waals surface area contributed by atoms with Gasteiger partial charge in [-0.05, 0) is 6.92 Å². The summed E-state index contributed by atoms with van der Waals surface area (Å²) in [5.41, 5.74) is 0. The number of esters is 2. The number of amides is 1. The first kappa shape index (κ1) is 20.1. The highest BCUT2D eigenvalue weighted by Gasteiger charge is 2.23. The van der Waals surface area contributed by atoms with Crippen LogP contribution < -0.4 is 0 Å². The van der Waals surface area contributed by atoms with Crippen molar-refractivity contribution in [3.63, 3.8) is 0 Å². The molecule has 1 atom stereocenters. The first-order valence-corrected chi connectivity index (χ1v) is 6.69. The minimum Gasteiger partial charge on any atom is -0.466 e. The topological polar surface area (TPSA) is 91.4 Å². The van der Waals surface area contributed by atoms with Gasteiger partial charge in [0.1, 0.15) is 0 Å². The average molecular weight is 317 g/mol. The van der Waals surface area contributed by atoms with Crippen LogP contribution in [0.15, 0.2) is 12.2 Å². The molecule has 0 aliphatic rings. The van der Waals surface area contributed by atoms with E-state index in [1.54, 1.807) is 0 Å². The van der Waals surface area contributed by atoms with E-state index in [4.69, 9.17) is 14.2 Å². The van der Waals surface area contributed by atoms with Gasteiger partial charge in [0, 0.05) is 39.5 Å². The zero-order chi connectivity index (χ0) is 17.0. The molecule has 22 heavy (non-hydrogen) atoms. The maximum atomic E-state index is 12.2. The lowest BCUT2D eigenvalue weighted by molar-refractivity contribution is -0.156. The Morgan fingerprint density at radius 3 is 1.91 bits per heavy atom. The van der Waals surface area contributed by atoms with Gasteiger partial charge in [-0.1, -0.05) is 0 Å². The van der Waals surface area contributed by atoms with Crippen molar-refractivity contribution in [3.05, 3.63) is 12.2 Å². The Hall–Kier alpha value is -1.93. The highest BCUT2D eigenvalue weighted by molar-refractivity contribution is 5.93. The van der Waals surface area contributed by atoms with Crippen molar-refractivity contribution in [1.82, 2.24) is 4.90 Å². The van der Waals surface area contributed by atoms with E-state index in [0.29, 0.717) is 26.3 Å². The predicted octanol–water partition coefficient (Wildman–Crippen LogP) is -0.231. The van der Waals surface area contributed by atoms with E-state index >= 15 is 0 Å². The van der Waals surface area contributed by atoms with Crippen LogP contribution in [-0.4, -0.2) is 76.5 Å². The average Bonchev–Trinajstić information content (AvgIpc) is 2.51. The van der Waals surface area contributed by atoms with Gasteiger partial charge in [-0.25, -0.2) is 9.59 Å². The van der Waals surface area contributed by atoms with Crippen LogP contribution in [0, 0.1) is 0 Å². The van der Waals surface area contributed by atoms with Crippen LogP contribution in [0.3, 0.4) is 0 Å². The molecular weight excluding hydrogens is 294 g/mol. The largest absolute Gasteiger partial charge is 0.466 e. The molecule has 126 valence electrons. The summed E-state index contributed by atoms with van der Waals surface area (Å²) in [6.07, 6.45) is 0.848. The summed E-state index contributed by atoms with van der Waals surface area (Å²) in [6.45, 7) is 2.90. The molecular formula is C14H23NO7. The number of ether oxygens (including phenoxy) is 4. The molecule has 0 aliphatic carbocycles. The Morgan fingerprint density at radius 1 is 0.955 bits per heavy atom. The van der Waals surface area contributed by atoms with Crippen molar-refractivity contribution in [3.8, 4) is 0 Å². The van der Waals surface area contributed by atoms with Crippen molar-refractivity contribution < 1.29 is 33.3 Å². The van der Waals surface area contributed by atoms with Crippen LogP contribution >= 0.6 is 0 Å². The number of carbonyl (C=O) groups excluding carboxylic acids is 3. The van der Waals surface area contributed by atoms with Crippen molar-refractivity contribution in [2.45, 2.75) is 13.0 Å². The number of nitrogens with zero attached hydrogens (tertiary/aromatic N) is 1. The Kier molecular flexibility index (Phi) is 10.7. The fourth-order valence-electron chi connectivity index (χ4n) is 1.46. The molecule has 0 radical (unpaired) electrons. The summed E-state index contributed by atoms with van der Waals surface area (Å²) in [6, 6.07) is 0. The molecule has 1 unspecified atom stereocenters. The van der Waals surface area contributed by atoms with E-state index < -0.39 is 18.0 Å². The standard InChI is InChI=1S/C14H23NO7/c1-11(22-13(17)6-5-12(16)21-4)14(18)15(7-9-19-2)8-10-20-3/h5-6,11H,7-10H2,1-4H3. The van der Waals surface area contributed by atoms with Gasteiger partial charge in [0.15, 0.2) is 6.10 Å². The predicted molar refractivity (Wildman–Crippen MR) is 77.0 cm³/mol. The molecule has 0 aromatic heterocycles. The van der Waals surface area contributed by atoms with Gasteiger partial charge in [0.05, 0.1) is 20.3 Å². The van der Waals surface area contributed by atoms with Crippen molar-refractivity contribution >= 4 is 17.8 Å². The van der Waals surface area contributed by atoms with Crippen molar-refractivity contribution in [2.75, 3.05) is 47.6 Å². The van der Waals surface area contributed by atoms with E-state index in [-0.39, 0.29) is 5.91 Å². The molecule has 0 N–H and O–H groups in total. The van der Waals surface area contributed by atoms with Crippen LogP contribution in [-0.2, 0) is 33.3 Å². The second-order valence-corrected chi connectivity index (χ2v) is 4.25. The molecule has 8 heteroatoms. The second-order valence-electron chi connectivity index (χ2n) is 4.25. The van der Waals surface area contributed by atoms with Crippen LogP contribution in [0.4, 0.5) is 0 Å². The monoisotopic (exact) mass is 317 g/mol. The third kappa shape index (κ3) is 8.38. The number of hydrogen-bond acceptors (Lipinski definition) is 7. The fourth-order valence-corrected chi connectivity index (χ4v) is 1.46. The van der Waals surface area contributed by atoms with Crippen molar-refractivity contribution in [2.24, 2.45) is 0 Å². The number of rotatable bonds is 10. The van der Waals surface area contributed by atoms with Gasteiger partial charge in [0.2, 0.25) is 0 Å². The van der Waals surface area contributed by atoms with Gasteiger partial charge >= 0.3 is 11.9 Å². The minimum atomic E-state index is -0.983. The Morgan fingerprint density at radius 2 is 1.45 bits per heavy atom. The molecule has 0 heterocycles. The molecule has 8 nitrogen and oxygen atoms in total. The number of hydrogen-bond donors (Lipinski definition) is 0. The molecule has 1 amide bonds. The second kappa shape index (κ2) is 11.7. The smallest absolute Gasteiger partial charge is 0.331 e. The molecule has 0 fully saturated rings. The quantitative estimate of drug-likeness (QED) is 0.406. The molecule has 0 aromatic carbocycles. The molecule has 0 aliphatic heterocycles. The Balaban J connectivity index is 4.53. The summed E-state index contributed by atoms with van der Waals surface area (Å²) >= 11 is 0. The molecule has 0 spiro atoms. The normalized spacial score (nSPS) is 12.0. The maximum absolute atomic E-state index is 12.2. The Bertz CT molecular complexity index is 387. The lowest BCUT2D eigenvalue weighted by Crippen LogP contribution is -2.43. The lowest BCUT2D eigenvalue weighted by Gasteiger charge is -2.24.